The number of rotatable bonds is 5. The summed E-state index contributed by atoms with van der Waals surface area (Å²) in [6, 6.07) is 0. The summed E-state index contributed by atoms with van der Waals surface area (Å²) in [5.74, 6) is 5.62. The maximum atomic E-state index is 12.8. The first-order valence-corrected chi connectivity index (χ1v) is 7.72. The van der Waals surface area contributed by atoms with Crippen LogP contribution in [0.4, 0.5) is 11.5 Å². The third-order valence-corrected chi connectivity index (χ3v) is 4.18. The molecule has 2 heterocycles. The van der Waals surface area contributed by atoms with Gasteiger partial charge in [0, 0.05) is 20.6 Å². The SMILES string of the molecule is C#CCn1c(=O)c2c(n(C)c1=O)N(C)C(C#C)N2CCCCC. The highest BCUT2D eigenvalue weighted by Crippen LogP contribution is 2.34. The van der Waals surface area contributed by atoms with Crippen LogP contribution in [0, 0.1) is 24.7 Å². The summed E-state index contributed by atoms with van der Waals surface area (Å²) in [6.07, 6.45) is 13.6. The molecule has 1 aromatic heterocycles. The van der Waals surface area contributed by atoms with Gasteiger partial charge in [0.15, 0.2) is 6.17 Å². The highest BCUT2D eigenvalue weighted by atomic mass is 16.2. The number of hydrogen-bond donors (Lipinski definition) is 0. The van der Waals surface area contributed by atoms with Gasteiger partial charge in [-0.1, -0.05) is 31.6 Å². The summed E-state index contributed by atoms with van der Waals surface area (Å²) in [5, 5.41) is 0. The van der Waals surface area contributed by atoms with E-state index in [1.165, 1.54) is 4.57 Å². The molecule has 1 atom stereocenters. The van der Waals surface area contributed by atoms with Crippen molar-refractivity contribution in [2.75, 3.05) is 23.4 Å². The quantitative estimate of drug-likeness (QED) is 0.589. The van der Waals surface area contributed by atoms with Gasteiger partial charge < -0.3 is 9.80 Å². The average molecular weight is 314 g/mol. The molecule has 6 heteroatoms. The molecule has 2 rings (SSSR count). The number of nitrogens with zero attached hydrogens (tertiary/aromatic N) is 4. The van der Waals surface area contributed by atoms with E-state index in [0.717, 1.165) is 23.8 Å². The Labute approximate surface area is 136 Å². The van der Waals surface area contributed by atoms with E-state index in [-0.39, 0.29) is 18.3 Å². The van der Waals surface area contributed by atoms with E-state index in [2.05, 4.69) is 18.8 Å². The lowest BCUT2D eigenvalue weighted by atomic mass is 10.2. The van der Waals surface area contributed by atoms with Crippen molar-refractivity contribution in [3.05, 3.63) is 20.8 Å². The largest absolute Gasteiger partial charge is 0.333 e. The maximum Gasteiger partial charge on any atom is 0.333 e. The van der Waals surface area contributed by atoms with Crippen LogP contribution < -0.4 is 21.0 Å². The molecule has 1 aliphatic heterocycles. The van der Waals surface area contributed by atoms with Crippen molar-refractivity contribution >= 4 is 11.5 Å². The first-order valence-electron chi connectivity index (χ1n) is 7.72. The number of unbranched alkanes of at least 4 members (excludes halogenated alkanes) is 2. The highest BCUT2D eigenvalue weighted by molar-refractivity contribution is 5.74. The van der Waals surface area contributed by atoms with E-state index in [1.807, 2.05) is 4.90 Å². The van der Waals surface area contributed by atoms with Gasteiger partial charge in [0.1, 0.15) is 11.5 Å². The average Bonchev–Trinajstić information content (AvgIpc) is 2.82. The number of hydrogen-bond acceptors (Lipinski definition) is 4. The van der Waals surface area contributed by atoms with Crippen LogP contribution in [0.5, 0.6) is 0 Å². The molecule has 0 aromatic carbocycles. The molecule has 0 amide bonds. The number of fused-ring (bicyclic) bond motifs is 1. The summed E-state index contributed by atoms with van der Waals surface area (Å²) >= 11 is 0. The molecule has 0 saturated carbocycles. The van der Waals surface area contributed by atoms with E-state index in [4.69, 9.17) is 12.8 Å². The predicted molar refractivity (Wildman–Crippen MR) is 92.7 cm³/mol. The fourth-order valence-corrected chi connectivity index (χ4v) is 3.04. The molecule has 0 radical (unpaired) electrons. The molecule has 122 valence electrons. The summed E-state index contributed by atoms with van der Waals surface area (Å²) in [6.45, 7) is 2.74. The summed E-state index contributed by atoms with van der Waals surface area (Å²) in [7, 11) is 3.43. The smallest absolute Gasteiger partial charge is 0.333 e. The minimum atomic E-state index is -0.426. The van der Waals surface area contributed by atoms with Gasteiger partial charge in [0.05, 0.1) is 6.54 Å². The van der Waals surface area contributed by atoms with Crippen molar-refractivity contribution < 1.29 is 0 Å². The summed E-state index contributed by atoms with van der Waals surface area (Å²) in [5.41, 5.74) is -0.337. The van der Waals surface area contributed by atoms with Crippen molar-refractivity contribution in [3.8, 4) is 24.7 Å². The van der Waals surface area contributed by atoms with Gasteiger partial charge in [0.2, 0.25) is 0 Å². The second-order valence-corrected chi connectivity index (χ2v) is 5.66. The van der Waals surface area contributed by atoms with Crippen molar-refractivity contribution in [1.29, 1.82) is 0 Å². The van der Waals surface area contributed by atoms with Crippen LogP contribution in [0.3, 0.4) is 0 Å². The second-order valence-electron chi connectivity index (χ2n) is 5.66. The van der Waals surface area contributed by atoms with Crippen LogP contribution >= 0.6 is 0 Å². The predicted octanol–water partition coefficient (Wildman–Crippen LogP) is 0.586. The van der Waals surface area contributed by atoms with Crippen molar-refractivity contribution in [2.45, 2.75) is 38.9 Å². The molecule has 1 aromatic rings. The fourth-order valence-electron chi connectivity index (χ4n) is 3.04. The lowest BCUT2D eigenvalue weighted by Gasteiger charge is -2.25. The number of anilines is 2. The standard InChI is InChI=1S/C17H22N4O2/c1-6-9-10-12-20-13(8-3)18(4)15-14(20)16(22)21(11-7-2)17(23)19(15)5/h2-3,13H,6,9-12H2,1,4-5H3. The van der Waals surface area contributed by atoms with E-state index < -0.39 is 5.69 Å². The van der Waals surface area contributed by atoms with Crippen molar-refractivity contribution in [2.24, 2.45) is 7.05 Å². The molecular formula is C17H22N4O2. The fraction of sp³-hybridized carbons (Fsp3) is 0.529. The normalized spacial score (nSPS) is 16.1. The molecule has 0 bridgehead atoms. The van der Waals surface area contributed by atoms with Gasteiger partial charge in [-0.15, -0.1) is 12.8 Å². The topological polar surface area (TPSA) is 50.5 Å². The Hall–Kier alpha value is -2.60. The van der Waals surface area contributed by atoms with Gasteiger partial charge in [-0.25, -0.2) is 9.36 Å². The molecule has 6 nitrogen and oxygen atoms in total. The minimum Gasteiger partial charge on any atom is -0.333 e. The Kier molecular flexibility index (Phi) is 4.86. The number of terminal acetylenes is 2. The van der Waals surface area contributed by atoms with Crippen LogP contribution in [-0.2, 0) is 13.6 Å². The van der Waals surface area contributed by atoms with Crippen LogP contribution in [0.25, 0.3) is 0 Å². The Morgan fingerprint density at radius 2 is 1.87 bits per heavy atom. The Balaban J connectivity index is 2.65. The maximum absolute atomic E-state index is 12.8. The van der Waals surface area contributed by atoms with Crippen molar-refractivity contribution in [3.63, 3.8) is 0 Å². The van der Waals surface area contributed by atoms with Gasteiger partial charge in [-0.2, -0.15) is 0 Å². The first-order chi connectivity index (χ1) is 11.0. The zero-order valence-electron chi connectivity index (χ0n) is 13.9. The van der Waals surface area contributed by atoms with Gasteiger partial charge >= 0.3 is 5.69 Å². The van der Waals surface area contributed by atoms with Crippen LogP contribution in [0.15, 0.2) is 9.59 Å². The third kappa shape index (κ3) is 2.61. The highest BCUT2D eigenvalue weighted by Gasteiger charge is 2.37. The van der Waals surface area contributed by atoms with Crippen LogP contribution in [0.2, 0.25) is 0 Å². The van der Waals surface area contributed by atoms with E-state index in [0.29, 0.717) is 18.1 Å². The number of aromatic nitrogens is 2. The molecule has 1 unspecified atom stereocenters. The molecule has 0 fully saturated rings. The summed E-state index contributed by atoms with van der Waals surface area (Å²) < 4.78 is 2.52. The first kappa shape index (κ1) is 16.8. The zero-order valence-corrected chi connectivity index (χ0v) is 13.9. The molecule has 1 aliphatic rings. The molecule has 0 saturated heterocycles. The van der Waals surface area contributed by atoms with Gasteiger partial charge in [-0.3, -0.25) is 9.36 Å². The third-order valence-electron chi connectivity index (χ3n) is 4.18. The van der Waals surface area contributed by atoms with Crippen LogP contribution in [-0.4, -0.2) is 28.9 Å². The lowest BCUT2D eigenvalue weighted by molar-refractivity contribution is 0.647. The molecule has 0 spiro atoms. The molecule has 23 heavy (non-hydrogen) atoms. The molecular weight excluding hydrogens is 292 g/mol. The zero-order chi connectivity index (χ0) is 17.1. The van der Waals surface area contributed by atoms with E-state index in [9.17, 15) is 9.59 Å². The lowest BCUT2D eigenvalue weighted by Crippen LogP contribution is -2.42. The Morgan fingerprint density at radius 3 is 2.43 bits per heavy atom. The van der Waals surface area contributed by atoms with E-state index >= 15 is 0 Å². The monoisotopic (exact) mass is 314 g/mol. The van der Waals surface area contributed by atoms with Crippen LogP contribution in [0.1, 0.15) is 26.2 Å². The second kappa shape index (κ2) is 6.66. The van der Waals surface area contributed by atoms with Crippen molar-refractivity contribution in [1.82, 2.24) is 9.13 Å². The minimum absolute atomic E-state index is 0.0496. The Bertz CT molecular complexity index is 791. The van der Waals surface area contributed by atoms with Gasteiger partial charge in [0.25, 0.3) is 5.56 Å². The Morgan fingerprint density at radius 1 is 1.17 bits per heavy atom. The molecule has 0 N–H and O–H groups in total. The van der Waals surface area contributed by atoms with Gasteiger partial charge in [-0.05, 0) is 6.42 Å². The molecule has 0 aliphatic carbocycles. The summed E-state index contributed by atoms with van der Waals surface area (Å²) in [4.78, 5) is 28.9. The van der Waals surface area contributed by atoms with E-state index in [1.54, 1.807) is 19.0 Å².